The Morgan fingerprint density at radius 3 is 1.48 bits per heavy atom. The van der Waals surface area contributed by atoms with E-state index in [0.717, 1.165) is 0 Å². The summed E-state index contributed by atoms with van der Waals surface area (Å²) in [6.45, 7) is 6.11. The quantitative estimate of drug-likeness (QED) is 0.374. The third kappa shape index (κ3) is 7.13. The Balaban J connectivity index is 5.96. The molecular formula is C15H24O9P-3. The molecule has 0 spiro atoms. The Hall–Kier alpha value is -1.44. The van der Waals surface area contributed by atoms with Gasteiger partial charge in [0.15, 0.2) is 0 Å². The summed E-state index contributed by atoms with van der Waals surface area (Å²) in [6, 6.07) is 0. The van der Waals surface area contributed by atoms with Crippen LogP contribution in [0.3, 0.4) is 0 Å². The van der Waals surface area contributed by atoms with Crippen LogP contribution in [0.25, 0.3) is 0 Å². The van der Waals surface area contributed by atoms with Gasteiger partial charge in [0, 0.05) is 35.7 Å². The fourth-order valence-corrected chi connectivity index (χ4v) is 4.23. The molecule has 0 aromatic rings. The third-order valence-corrected chi connectivity index (χ3v) is 5.84. The Morgan fingerprint density at radius 2 is 1.24 bits per heavy atom. The summed E-state index contributed by atoms with van der Waals surface area (Å²) in [6.07, 6.45) is -0.933. The van der Waals surface area contributed by atoms with Gasteiger partial charge in [0.05, 0.1) is 5.66 Å². The number of carboxylic acid groups (broad SMARTS) is 3. The van der Waals surface area contributed by atoms with Gasteiger partial charge in [0.25, 0.3) is 0 Å². The molecule has 0 heterocycles. The first kappa shape index (κ1) is 23.6. The zero-order valence-corrected chi connectivity index (χ0v) is 15.5. The molecule has 0 saturated carbocycles. The molecule has 2 N–H and O–H groups in total. The smallest absolute Gasteiger partial charge is 0.328 e. The van der Waals surface area contributed by atoms with E-state index < -0.39 is 61.3 Å². The first-order valence-corrected chi connectivity index (χ1v) is 9.56. The molecule has 9 nitrogen and oxygen atoms in total. The van der Waals surface area contributed by atoms with Crippen molar-refractivity contribution in [3.05, 3.63) is 0 Å². The summed E-state index contributed by atoms with van der Waals surface area (Å²) in [5.74, 6) is -12.2. The molecule has 0 aliphatic heterocycles. The maximum Gasteiger partial charge on any atom is 0.328 e. The lowest BCUT2D eigenvalue weighted by atomic mass is 9.75. The van der Waals surface area contributed by atoms with E-state index in [1.807, 2.05) is 0 Å². The van der Waals surface area contributed by atoms with Crippen molar-refractivity contribution in [2.24, 2.45) is 29.6 Å². The standard InChI is InChI=1S/C15H27O9P/c1-7(2)5-9(13(16)17)12(15(20)21)10(14(18)19)6-11(8(3)4)25(22,23)24/h7-12H,5-6H2,1-4H3,(H,16,17)(H,18,19)(H,20,21)(H2,22,23,24)/p-3. The molecule has 0 aromatic carbocycles. The second-order valence-electron chi connectivity index (χ2n) is 6.96. The average molecular weight is 379 g/mol. The van der Waals surface area contributed by atoms with Crippen molar-refractivity contribution >= 4 is 25.5 Å². The summed E-state index contributed by atoms with van der Waals surface area (Å²) in [5, 5.41) is 34.3. The number of carbonyl (C=O) groups excluding carboxylic acids is 3. The first-order chi connectivity index (χ1) is 11.2. The summed E-state index contributed by atoms with van der Waals surface area (Å²) in [7, 11) is -4.74. The molecule has 0 amide bonds. The largest absolute Gasteiger partial charge is 0.550 e. The maximum absolute atomic E-state index is 11.6. The van der Waals surface area contributed by atoms with Crippen LogP contribution < -0.4 is 15.3 Å². The van der Waals surface area contributed by atoms with Crippen molar-refractivity contribution in [1.29, 1.82) is 0 Å². The van der Waals surface area contributed by atoms with Gasteiger partial charge < -0.3 is 39.5 Å². The number of hydrogen-bond donors (Lipinski definition) is 2. The Bertz CT molecular complexity index is 537. The molecule has 0 saturated heterocycles. The molecule has 0 aliphatic rings. The van der Waals surface area contributed by atoms with Gasteiger partial charge in [0.2, 0.25) is 0 Å². The van der Waals surface area contributed by atoms with Gasteiger partial charge in [-0.25, -0.2) is 0 Å². The van der Waals surface area contributed by atoms with Gasteiger partial charge in [-0.15, -0.1) is 0 Å². The highest BCUT2D eigenvalue weighted by molar-refractivity contribution is 7.52. The van der Waals surface area contributed by atoms with Crippen LogP contribution >= 0.6 is 7.60 Å². The van der Waals surface area contributed by atoms with E-state index in [4.69, 9.17) is 0 Å². The Labute approximate surface area is 146 Å². The van der Waals surface area contributed by atoms with E-state index in [9.17, 15) is 44.1 Å². The highest BCUT2D eigenvalue weighted by atomic mass is 31.2. The molecule has 25 heavy (non-hydrogen) atoms. The second-order valence-corrected chi connectivity index (χ2v) is 8.80. The zero-order valence-electron chi connectivity index (χ0n) is 14.6. The third-order valence-electron chi connectivity index (χ3n) is 4.17. The lowest BCUT2D eigenvalue weighted by molar-refractivity contribution is -0.336. The van der Waals surface area contributed by atoms with Crippen LogP contribution in [0.5, 0.6) is 0 Å². The van der Waals surface area contributed by atoms with Crippen LogP contribution in [0.4, 0.5) is 0 Å². The fraction of sp³-hybridized carbons (Fsp3) is 0.800. The normalized spacial score (nSPS) is 17.1. The highest BCUT2D eigenvalue weighted by Gasteiger charge is 2.40. The molecule has 4 atom stereocenters. The minimum Gasteiger partial charge on any atom is -0.550 e. The van der Waals surface area contributed by atoms with Crippen LogP contribution in [0.15, 0.2) is 0 Å². The molecule has 146 valence electrons. The average Bonchev–Trinajstić information content (AvgIpc) is 2.37. The molecule has 0 radical (unpaired) electrons. The predicted molar refractivity (Wildman–Crippen MR) is 80.2 cm³/mol. The highest BCUT2D eigenvalue weighted by Crippen LogP contribution is 2.49. The predicted octanol–water partition coefficient (Wildman–Crippen LogP) is -2.28. The lowest BCUT2D eigenvalue weighted by Crippen LogP contribution is -2.52. The number of aliphatic carboxylic acids is 3. The van der Waals surface area contributed by atoms with Gasteiger partial charge in [-0.3, -0.25) is 4.57 Å². The van der Waals surface area contributed by atoms with Crippen LogP contribution in [0, 0.1) is 29.6 Å². The zero-order chi connectivity index (χ0) is 20.1. The van der Waals surface area contributed by atoms with E-state index >= 15 is 0 Å². The van der Waals surface area contributed by atoms with Crippen LogP contribution in [-0.4, -0.2) is 33.4 Å². The van der Waals surface area contributed by atoms with Gasteiger partial charge in [-0.05, 0) is 24.7 Å². The Morgan fingerprint density at radius 1 is 0.840 bits per heavy atom. The molecule has 0 bridgehead atoms. The molecule has 0 fully saturated rings. The summed E-state index contributed by atoms with van der Waals surface area (Å²) >= 11 is 0. The summed E-state index contributed by atoms with van der Waals surface area (Å²) in [5.41, 5.74) is -1.46. The molecule has 0 aliphatic carbocycles. The van der Waals surface area contributed by atoms with Gasteiger partial charge >= 0.3 is 7.60 Å². The molecule has 4 unspecified atom stereocenters. The minimum absolute atomic E-state index is 0.187. The Kier molecular flexibility index (Phi) is 8.77. The number of rotatable bonds is 11. The number of carboxylic acids is 3. The summed E-state index contributed by atoms with van der Waals surface area (Å²) < 4.78 is 11.6. The van der Waals surface area contributed by atoms with Crippen molar-refractivity contribution < 1.29 is 44.1 Å². The molecule has 0 rings (SSSR count). The van der Waals surface area contributed by atoms with Crippen LogP contribution in [0.1, 0.15) is 40.5 Å². The fourth-order valence-electron chi connectivity index (χ4n) is 2.95. The van der Waals surface area contributed by atoms with Crippen molar-refractivity contribution in [2.45, 2.75) is 46.2 Å². The van der Waals surface area contributed by atoms with E-state index in [0.29, 0.717) is 0 Å². The van der Waals surface area contributed by atoms with Gasteiger partial charge in [-0.1, -0.05) is 27.7 Å². The van der Waals surface area contributed by atoms with Crippen molar-refractivity contribution in [1.82, 2.24) is 0 Å². The van der Waals surface area contributed by atoms with Gasteiger partial charge in [0.1, 0.15) is 0 Å². The minimum atomic E-state index is -4.74. The van der Waals surface area contributed by atoms with Crippen molar-refractivity contribution in [2.75, 3.05) is 0 Å². The van der Waals surface area contributed by atoms with Gasteiger partial charge in [-0.2, -0.15) is 0 Å². The van der Waals surface area contributed by atoms with E-state index in [1.54, 1.807) is 13.8 Å². The van der Waals surface area contributed by atoms with E-state index in [1.165, 1.54) is 13.8 Å². The second kappa shape index (κ2) is 9.31. The van der Waals surface area contributed by atoms with E-state index in [2.05, 4.69) is 0 Å². The molecular weight excluding hydrogens is 355 g/mol. The lowest BCUT2D eigenvalue weighted by Gasteiger charge is -2.38. The number of carbonyl (C=O) groups is 3. The topological polar surface area (TPSA) is 178 Å². The van der Waals surface area contributed by atoms with Crippen molar-refractivity contribution in [3.63, 3.8) is 0 Å². The van der Waals surface area contributed by atoms with Crippen LogP contribution in [0.2, 0.25) is 0 Å². The number of hydrogen-bond acceptors (Lipinski definition) is 7. The van der Waals surface area contributed by atoms with Crippen molar-refractivity contribution in [3.8, 4) is 0 Å². The molecule has 10 heteroatoms. The summed E-state index contributed by atoms with van der Waals surface area (Å²) in [4.78, 5) is 53.1. The van der Waals surface area contributed by atoms with E-state index in [-0.39, 0.29) is 12.3 Å². The molecule has 0 aromatic heterocycles. The maximum atomic E-state index is 11.6. The monoisotopic (exact) mass is 379 g/mol. The van der Waals surface area contributed by atoms with Crippen LogP contribution in [-0.2, 0) is 18.9 Å². The first-order valence-electron chi connectivity index (χ1n) is 7.87. The SMILES string of the molecule is CC(C)CC(C(=O)[O-])C(C(=O)[O-])C(CC(C(C)C)P(=O)(O)O)C(=O)[O-].